The summed E-state index contributed by atoms with van der Waals surface area (Å²) in [4.78, 5) is 20.1. The minimum Gasteiger partial charge on any atom is -0.305 e. The predicted octanol–water partition coefficient (Wildman–Crippen LogP) is 4.15. The van der Waals surface area contributed by atoms with Crippen LogP contribution in [0.25, 0.3) is 10.7 Å². The zero-order valence-electron chi connectivity index (χ0n) is 9.25. The molecule has 0 atom stereocenters. The minimum atomic E-state index is -0.140. The molecule has 0 aliphatic carbocycles. The first-order valence-corrected chi connectivity index (χ1v) is 7.50. The number of H-pyrrole nitrogens is 1. The lowest BCUT2D eigenvalue weighted by atomic mass is 10.1. The summed E-state index contributed by atoms with van der Waals surface area (Å²) in [6.07, 6.45) is 0. The number of thiophene rings is 1. The third-order valence-electron chi connectivity index (χ3n) is 2.27. The number of hydrogen-bond acceptors (Lipinski definition) is 3. The standard InChI is InChI=1S/C11H10Br2N2OS/c1-5(2)8-7(13)11(16)15-10(14-8)9-6(12)3-4-17-9/h3-5H,1-2H3,(H,14,15,16). The highest BCUT2D eigenvalue weighted by molar-refractivity contribution is 9.11. The third kappa shape index (κ3) is 2.53. The van der Waals surface area contributed by atoms with Crippen molar-refractivity contribution in [1.82, 2.24) is 9.97 Å². The van der Waals surface area contributed by atoms with Crippen LogP contribution < -0.4 is 5.56 Å². The molecule has 0 fully saturated rings. The zero-order valence-corrected chi connectivity index (χ0v) is 13.2. The van der Waals surface area contributed by atoms with Crippen LogP contribution in [0.3, 0.4) is 0 Å². The summed E-state index contributed by atoms with van der Waals surface area (Å²) < 4.78 is 1.46. The van der Waals surface area contributed by atoms with Crippen LogP contribution in [-0.2, 0) is 0 Å². The van der Waals surface area contributed by atoms with Crippen LogP contribution in [0.2, 0.25) is 0 Å². The van der Waals surface area contributed by atoms with Gasteiger partial charge in [-0.3, -0.25) is 4.79 Å². The fourth-order valence-corrected chi connectivity index (χ4v) is 3.58. The molecule has 0 bridgehead atoms. The molecule has 2 heterocycles. The Morgan fingerprint density at radius 2 is 2.12 bits per heavy atom. The lowest BCUT2D eigenvalue weighted by Crippen LogP contribution is -2.14. The molecule has 0 unspecified atom stereocenters. The number of nitrogens with zero attached hydrogens (tertiary/aromatic N) is 1. The summed E-state index contributed by atoms with van der Waals surface area (Å²) in [5.74, 6) is 0.813. The van der Waals surface area contributed by atoms with Crippen molar-refractivity contribution < 1.29 is 0 Å². The van der Waals surface area contributed by atoms with Crippen molar-refractivity contribution in [2.75, 3.05) is 0 Å². The predicted molar refractivity (Wildman–Crippen MR) is 77.7 cm³/mol. The van der Waals surface area contributed by atoms with E-state index in [2.05, 4.69) is 41.8 Å². The van der Waals surface area contributed by atoms with Gasteiger partial charge in [0.25, 0.3) is 5.56 Å². The van der Waals surface area contributed by atoms with E-state index in [1.165, 1.54) is 0 Å². The molecule has 0 saturated carbocycles. The molecule has 17 heavy (non-hydrogen) atoms. The topological polar surface area (TPSA) is 45.8 Å². The molecule has 0 saturated heterocycles. The Morgan fingerprint density at radius 3 is 2.65 bits per heavy atom. The van der Waals surface area contributed by atoms with Gasteiger partial charge in [-0.05, 0) is 49.2 Å². The van der Waals surface area contributed by atoms with Crippen molar-refractivity contribution in [2.24, 2.45) is 0 Å². The Kier molecular flexibility index (Phi) is 3.85. The molecule has 2 rings (SSSR count). The van der Waals surface area contributed by atoms with Crippen LogP contribution in [0, 0.1) is 0 Å². The smallest absolute Gasteiger partial charge is 0.265 e. The Labute approximate surface area is 120 Å². The van der Waals surface area contributed by atoms with Crippen LogP contribution in [0.1, 0.15) is 25.5 Å². The van der Waals surface area contributed by atoms with Gasteiger partial charge >= 0.3 is 0 Å². The fourth-order valence-electron chi connectivity index (χ4n) is 1.43. The molecule has 0 aliphatic rings. The van der Waals surface area contributed by atoms with E-state index in [9.17, 15) is 4.79 Å². The quantitative estimate of drug-likeness (QED) is 0.854. The summed E-state index contributed by atoms with van der Waals surface area (Å²) in [5.41, 5.74) is 0.642. The first kappa shape index (κ1) is 13.0. The summed E-state index contributed by atoms with van der Waals surface area (Å²) in [7, 11) is 0. The maximum absolute atomic E-state index is 11.8. The van der Waals surface area contributed by atoms with Crippen LogP contribution in [0.15, 0.2) is 25.2 Å². The molecular weight excluding hydrogens is 368 g/mol. The van der Waals surface area contributed by atoms with E-state index in [0.717, 1.165) is 15.0 Å². The van der Waals surface area contributed by atoms with Gasteiger partial charge in [0.2, 0.25) is 0 Å². The van der Waals surface area contributed by atoms with E-state index in [-0.39, 0.29) is 11.5 Å². The maximum Gasteiger partial charge on any atom is 0.265 e. The second-order valence-electron chi connectivity index (χ2n) is 3.87. The Bertz CT molecular complexity index is 604. The molecule has 6 heteroatoms. The molecule has 2 aromatic rings. The normalized spacial score (nSPS) is 11.1. The lowest BCUT2D eigenvalue weighted by molar-refractivity contribution is 0.804. The van der Waals surface area contributed by atoms with E-state index in [4.69, 9.17) is 0 Å². The maximum atomic E-state index is 11.8. The minimum absolute atomic E-state index is 0.140. The first-order valence-electron chi connectivity index (χ1n) is 5.03. The molecular formula is C11H10Br2N2OS. The van der Waals surface area contributed by atoms with E-state index >= 15 is 0 Å². The van der Waals surface area contributed by atoms with Gasteiger partial charge in [-0.2, -0.15) is 0 Å². The molecule has 0 aliphatic heterocycles. The highest BCUT2D eigenvalue weighted by atomic mass is 79.9. The summed E-state index contributed by atoms with van der Waals surface area (Å²) in [5, 5.41) is 1.95. The van der Waals surface area contributed by atoms with Gasteiger partial charge in [0, 0.05) is 4.47 Å². The third-order valence-corrected chi connectivity index (χ3v) is 4.88. The summed E-state index contributed by atoms with van der Waals surface area (Å²) in [6.45, 7) is 4.03. The van der Waals surface area contributed by atoms with Crippen molar-refractivity contribution in [3.63, 3.8) is 0 Å². The summed E-state index contributed by atoms with van der Waals surface area (Å²) in [6, 6.07) is 1.94. The Hall–Kier alpha value is -0.460. The van der Waals surface area contributed by atoms with E-state index < -0.39 is 0 Å². The second kappa shape index (κ2) is 5.04. The van der Waals surface area contributed by atoms with Crippen molar-refractivity contribution in [2.45, 2.75) is 19.8 Å². The number of hydrogen-bond donors (Lipinski definition) is 1. The second-order valence-corrected chi connectivity index (χ2v) is 6.43. The van der Waals surface area contributed by atoms with Gasteiger partial charge in [-0.25, -0.2) is 4.98 Å². The Morgan fingerprint density at radius 1 is 1.41 bits per heavy atom. The van der Waals surface area contributed by atoms with E-state index in [1.54, 1.807) is 11.3 Å². The van der Waals surface area contributed by atoms with Crippen LogP contribution in [-0.4, -0.2) is 9.97 Å². The number of nitrogens with one attached hydrogen (secondary N) is 1. The monoisotopic (exact) mass is 376 g/mol. The van der Waals surface area contributed by atoms with Crippen molar-refractivity contribution in [1.29, 1.82) is 0 Å². The largest absolute Gasteiger partial charge is 0.305 e. The average Bonchev–Trinajstić information content (AvgIpc) is 2.68. The Balaban J connectivity index is 2.66. The van der Waals surface area contributed by atoms with Crippen LogP contribution in [0.4, 0.5) is 0 Å². The van der Waals surface area contributed by atoms with Gasteiger partial charge in [0.05, 0.1) is 10.6 Å². The van der Waals surface area contributed by atoms with Gasteiger partial charge < -0.3 is 4.98 Å². The average molecular weight is 378 g/mol. The van der Waals surface area contributed by atoms with Crippen LogP contribution >= 0.6 is 43.2 Å². The van der Waals surface area contributed by atoms with Gasteiger partial charge in [-0.15, -0.1) is 11.3 Å². The first-order chi connectivity index (χ1) is 8.00. The van der Waals surface area contributed by atoms with Gasteiger partial charge in [0.15, 0.2) is 5.82 Å². The number of aromatic amines is 1. The van der Waals surface area contributed by atoms with E-state index in [0.29, 0.717) is 10.3 Å². The summed E-state index contributed by atoms with van der Waals surface area (Å²) >= 11 is 8.27. The molecule has 1 N–H and O–H groups in total. The molecule has 0 aromatic carbocycles. The lowest BCUT2D eigenvalue weighted by Gasteiger charge is -2.08. The van der Waals surface area contributed by atoms with Crippen molar-refractivity contribution >= 4 is 43.2 Å². The molecule has 3 nitrogen and oxygen atoms in total. The number of halogens is 2. The molecule has 0 radical (unpaired) electrons. The van der Waals surface area contributed by atoms with E-state index in [1.807, 2.05) is 25.3 Å². The fraction of sp³-hybridized carbons (Fsp3) is 0.273. The molecule has 2 aromatic heterocycles. The highest BCUT2D eigenvalue weighted by Crippen LogP contribution is 2.32. The van der Waals surface area contributed by atoms with Gasteiger partial charge in [0.1, 0.15) is 4.47 Å². The van der Waals surface area contributed by atoms with Crippen molar-refractivity contribution in [3.05, 3.63) is 36.4 Å². The van der Waals surface area contributed by atoms with Crippen LogP contribution in [0.5, 0.6) is 0 Å². The zero-order chi connectivity index (χ0) is 12.6. The highest BCUT2D eigenvalue weighted by Gasteiger charge is 2.15. The number of aromatic nitrogens is 2. The molecule has 0 spiro atoms. The molecule has 0 amide bonds. The molecule has 90 valence electrons. The number of rotatable bonds is 2. The van der Waals surface area contributed by atoms with Crippen molar-refractivity contribution in [3.8, 4) is 10.7 Å². The van der Waals surface area contributed by atoms with Gasteiger partial charge in [-0.1, -0.05) is 13.8 Å². The SMILES string of the molecule is CC(C)c1nc(-c2sccc2Br)[nH]c(=O)c1Br.